The zero-order chi connectivity index (χ0) is 12.0. The molecule has 0 aliphatic heterocycles. The van der Waals surface area contributed by atoms with Gasteiger partial charge in [0.05, 0.1) is 12.7 Å². The molecular formula is C13H15NO2. The molecule has 16 heavy (non-hydrogen) atoms. The van der Waals surface area contributed by atoms with Crippen LogP contribution < -0.4 is 0 Å². The zero-order valence-corrected chi connectivity index (χ0v) is 9.56. The molecule has 0 heterocycles. The van der Waals surface area contributed by atoms with Crippen molar-refractivity contribution < 1.29 is 9.53 Å². The molecule has 0 radical (unpaired) electrons. The standard InChI is InChI=1S/C13H15NO2/c1-3-10-7-5-6-8-11(10)12(9-14)13(15)16-4-2/h5-8,12H,3-4H2,1-2H3. The van der Waals surface area contributed by atoms with Gasteiger partial charge in [-0.3, -0.25) is 4.79 Å². The summed E-state index contributed by atoms with van der Waals surface area (Å²) in [4.78, 5) is 11.6. The van der Waals surface area contributed by atoms with Crippen LogP contribution in [0.5, 0.6) is 0 Å². The van der Waals surface area contributed by atoms with Gasteiger partial charge in [-0.05, 0) is 24.5 Å². The lowest BCUT2D eigenvalue weighted by Crippen LogP contribution is -2.15. The second-order valence-corrected chi connectivity index (χ2v) is 3.37. The maximum absolute atomic E-state index is 11.6. The topological polar surface area (TPSA) is 50.1 Å². The van der Waals surface area contributed by atoms with E-state index >= 15 is 0 Å². The predicted molar refractivity (Wildman–Crippen MR) is 60.8 cm³/mol. The highest BCUT2D eigenvalue weighted by Crippen LogP contribution is 2.21. The Hall–Kier alpha value is -1.82. The molecular weight excluding hydrogens is 202 g/mol. The summed E-state index contributed by atoms with van der Waals surface area (Å²) in [6.45, 7) is 4.03. The van der Waals surface area contributed by atoms with Crippen LogP contribution >= 0.6 is 0 Å². The van der Waals surface area contributed by atoms with E-state index in [1.165, 1.54) is 0 Å². The SMILES string of the molecule is CCOC(=O)C(C#N)c1ccccc1CC. The fourth-order valence-electron chi connectivity index (χ4n) is 1.61. The fourth-order valence-corrected chi connectivity index (χ4v) is 1.61. The van der Waals surface area contributed by atoms with Gasteiger partial charge in [-0.15, -0.1) is 0 Å². The quantitative estimate of drug-likeness (QED) is 0.728. The number of carbonyl (C=O) groups is 1. The highest BCUT2D eigenvalue weighted by molar-refractivity contribution is 5.81. The van der Waals surface area contributed by atoms with E-state index < -0.39 is 11.9 Å². The minimum atomic E-state index is -0.809. The Morgan fingerprint density at radius 3 is 2.69 bits per heavy atom. The molecule has 1 atom stereocenters. The summed E-state index contributed by atoms with van der Waals surface area (Å²) in [5.41, 5.74) is 1.77. The van der Waals surface area contributed by atoms with Gasteiger partial charge in [-0.2, -0.15) is 5.26 Å². The average molecular weight is 217 g/mol. The zero-order valence-electron chi connectivity index (χ0n) is 9.56. The first kappa shape index (κ1) is 12.3. The number of nitrogens with zero attached hydrogens (tertiary/aromatic N) is 1. The van der Waals surface area contributed by atoms with Crippen LogP contribution in [0.2, 0.25) is 0 Å². The van der Waals surface area contributed by atoms with Crippen LogP contribution in [0, 0.1) is 11.3 Å². The molecule has 0 amide bonds. The minimum absolute atomic E-state index is 0.297. The summed E-state index contributed by atoms with van der Waals surface area (Å²) in [7, 11) is 0. The summed E-state index contributed by atoms with van der Waals surface area (Å²) in [5.74, 6) is -1.28. The van der Waals surface area contributed by atoms with E-state index in [-0.39, 0.29) is 0 Å². The minimum Gasteiger partial charge on any atom is -0.465 e. The maximum atomic E-state index is 11.6. The maximum Gasteiger partial charge on any atom is 0.327 e. The molecule has 0 N–H and O–H groups in total. The summed E-state index contributed by atoms with van der Waals surface area (Å²) in [5, 5.41) is 9.05. The van der Waals surface area contributed by atoms with E-state index in [1.54, 1.807) is 6.92 Å². The Kier molecular flexibility index (Phi) is 4.53. The number of esters is 1. The molecule has 1 aromatic carbocycles. The monoisotopic (exact) mass is 217 g/mol. The number of rotatable bonds is 4. The van der Waals surface area contributed by atoms with Crippen molar-refractivity contribution in [3.63, 3.8) is 0 Å². The number of carbonyl (C=O) groups excluding carboxylic acids is 1. The van der Waals surface area contributed by atoms with Gasteiger partial charge in [0.2, 0.25) is 0 Å². The normalized spacial score (nSPS) is 11.6. The van der Waals surface area contributed by atoms with Crippen molar-refractivity contribution in [2.24, 2.45) is 0 Å². The van der Waals surface area contributed by atoms with Gasteiger partial charge in [-0.25, -0.2) is 0 Å². The van der Waals surface area contributed by atoms with Crippen LogP contribution in [-0.4, -0.2) is 12.6 Å². The lowest BCUT2D eigenvalue weighted by molar-refractivity contribution is -0.143. The number of ether oxygens (including phenoxy) is 1. The van der Waals surface area contributed by atoms with Crippen molar-refractivity contribution in [2.75, 3.05) is 6.61 Å². The van der Waals surface area contributed by atoms with Gasteiger partial charge in [0.15, 0.2) is 5.92 Å². The van der Waals surface area contributed by atoms with Gasteiger partial charge < -0.3 is 4.74 Å². The Balaban J connectivity index is 3.04. The van der Waals surface area contributed by atoms with Gasteiger partial charge in [0, 0.05) is 0 Å². The van der Waals surface area contributed by atoms with E-state index in [4.69, 9.17) is 10.00 Å². The van der Waals surface area contributed by atoms with E-state index in [1.807, 2.05) is 37.3 Å². The first-order valence-corrected chi connectivity index (χ1v) is 5.38. The van der Waals surface area contributed by atoms with Crippen LogP contribution in [0.15, 0.2) is 24.3 Å². The first-order chi connectivity index (χ1) is 7.74. The smallest absolute Gasteiger partial charge is 0.327 e. The molecule has 0 fully saturated rings. The molecule has 0 aliphatic rings. The summed E-state index contributed by atoms with van der Waals surface area (Å²) in [6, 6.07) is 9.48. The highest BCUT2D eigenvalue weighted by atomic mass is 16.5. The van der Waals surface area contributed by atoms with Crippen molar-refractivity contribution >= 4 is 5.97 Å². The third-order valence-electron chi connectivity index (χ3n) is 2.40. The van der Waals surface area contributed by atoms with Crippen LogP contribution in [0.1, 0.15) is 30.9 Å². The number of nitriles is 1. The van der Waals surface area contributed by atoms with E-state index in [0.717, 1.165) is 17.5 Å². The van der Waals surface area contributed by atoms with E-state index in [9.17, 15) is 4.79 Å². The Bertz CT molecular complexity index is 407. The average Bonchev–Trinajstić information content (AvgIpc) is 2.31. The van der Waals surface area contributed by atoms with Crippen LogP contribution in [0.25, 0.3) is 0 Å². The van der Waals surface area contributed by atoms with Crippen molar-refractivity contribution in [1.29, 1.82) is 5.26 Å². The summed E-state index contributed by atoms with van der Waals surface area (Å²) >= 11 is 0. The van der Waals surface area contributed by atoms with Crippen molar-refractivity contribution in [3.8, 4) is 6.07 Å². The van der Waals surface area contributed by atoms with E-state index in [0.29, 0.717) is 6.61 Å². The van der Waals surface area contributed by atoms with Gasteiger partial charge >= 0.3 is 5.97 Å². The second-order valence-electron chi connectivity index (χ2n) is 3.37. The molecule has 1 aromatic rings. The van der Waals surface area contributed by atoms with E-state index in [2.05, 4.69) is 0 Å². The van der Waals surface area contributed by atoms with Crippen LogP contribution in [0.4, 0.5) is 0 Å². The molecule has 3 nitrogen and oxygen atoms in total. The Morgan fingerprint density at radius 1 is 1.44 bits per heavy atom. The van der Waals surface area contributed by atoms with Gasteiger partial charge in [-0.1, -0.05) is 31.2 Å². The Morgan fingerprint density at radius 2 is 2.12 bits per heavy atom. The third kappa shape index (κ3) is 2.60. The molecule has 0 bridgehead atoms. The molecule has 0 aliphatic carbocycles. The van der Waals surface area contributed by atoms with Crippen molar-refractivity contribution in [3.05, 3.63) is 35.4 Å². The molecule has 1 rings (SSSR count). The fraction of sp³-hybridized carbons (Fsp3) is 0.385. The summed E-state index contributed by atoms with van der Waals surface area (Å²) in [6.07, 6.45) is 0.799. The van der Waals surface area contributed by atoms with Crippen LogP contribution in [-0.2, 0) is 16.0 Å². The molecule has 1 unspecified atom stereocenters. The van der Waals surface area contributed by atoms with Gasteiger partial charge in [0.25, 0.3) is 0 Å². The first-order valence-electron chi connectivity index (χ1n) is 5.38. The molecule has 0 spiro atoms. The predicted octanol–water partition coefficient (Wildman–Crippen LogP) is 2.42. The molecule has 0 aromatic heterocycles. The number of hydrogen-bond acceptors (Lipinski definition) is 3. The molecule has 0 saturated heterocycles. The van der Waals surface area contributed by atoms with Crippen molar-refractivity contribution in [1.82, 2.24) is 0 Å². The highest BCUT2D eigenvalue weighted by Gasteiger charge is 2.23. The Labute approximate surface area is 95.7 Å². The van der Waals surface area contributed by atoms with Crippen molar-refractivity contribution in [2.45, 2.75) is 26.2 Å². The van der Waals surface area contributed by atoms with Crippen LogP contribution in [0.3, 0.4) is 0 Å². The lowest BCUT2D eigenvalue weighted by Gasteiger charge is -2.12. The number of benzene rings is 1. The third-order valence-corrected chi connectivity index (χ3v) is 2.40. The largest absolute Gasteiger partial charge is 0.465 e. The summed E-state index contributed by atoms with van der Waals surface area (Å²) < 4.78 is 4.89. The second kappa shape index (κ2) is 5.92. The molecule has 84 valence electrons. The molecule has 3 heteroatoms. The lowest BCUT2D eigenvalue weighted by atomic mass is 9.94. The number of hydrogen-bond donors (Lipinski definition) is 0. The molecule has 0 saturated carbocycles. The van der Waals surface area contributed by atoms with Gasteiger partial charge in [0.1, 0.15) is 0 Å². The number of aryl methyl sites for hydroxylation is 1.